The lowest BCUT2D eigenvalue weighted by molar-refractivity contribution is 0.484. The first kappa shape index (κ1) is 18.1. The third kappa shape index (κ3) is 3.62. The topological polar surface area (TPSA) is 130 Å². The molecule has 0 atom stereocenters. The van der Waals surface area contributed by atoms with Crippen LogP contribution in [0.5, 0.6) is 0 Å². The number of fused-ring (bicyclic) bond motifs is 1. The number of rotatable bonds is 4. The van der Waals surface area contributed by atoms with Crippen LogP contribution in [0.1, 0.15) is 0 Å². The third-order valence-corrected chi connectivity index (χ3v) is 5.08. The first-order valence-electron chi connectivity index (χ1n) is 7.22. The molecule has 10 heteroatoms. The molecule has 0 saturated carbocycles. The van der Waals surface area contributed by atoms with Crippen LogP contribution in [0.2, 0.25) is 0 Å². The van der Waals surface area contributed by atoms with Crippen LogP contribution in [0.25, 0.3) is 10.8 Å². The molecule has 3 N–H and O–H groups in total. The van der Waals surface area contributed by atoms with Gasteiger partial charge in [0, 0.05) is 15.2 Å². The molecule has 0 heterocycles. The minimum absolute atomic E-state index is 0.0984. The highest BCUT2D eigenvalue weighted by Gasteiger charge is 2.19. The molecule has 0 fully saturated rings. The molecule has 26 heavy (non-hydrogen) atoms. The SMILES string of the molecule is NN=Nc1c(N=Nc2ccccc2Br)cc(S(=O)(=O)O)c2ccccc12. The zero-order valence-electron chi connectivity index (χ0n) is 13.1. The van der Waals surface area contributed by atoms with Crippen molar-refractivity contribution in [2.75, 3.05) is 0 Å². The highest BCUT2D eigenvalue weighted by molar-refractivity contribution is 9.10. The van der Waals surface area contributed by atoms with E-state index in [9.17, 15) is 13.0 Å². The van der Waals surface area contributed by atoms with E-state index in [1.807, 2.05) is 6.07 Å². The van der Waals surface area contributed by atoms with Crippen LogP contribution >= 0.6 is 15.9 Å². The molecule has 0 unspecified atom stereocenters. The molecule has 0 aliphatic carbocycles. The molecule has 0 aliphatic rings. The molecule has 0 aromatic heterocycles. The van der Waals surface area contributed by atoms with Crippen molar-refractivity contribution in [3.8, 4) is 0 Å². The van der Waals surface area contributed by atoms with Gasteiger partial charge in [0.05, 0.1) is 5.69 Å². The fourth-order valence-corrected chi connectivity index (χ4v) is 3.49. The fraction of sp³-hybridized carbons (Fsp3) is 0. The molecular weight excluding hydrogens is 422 g/mol. The van der Waals surface area contributed by atoms with Crippen LogP contribution in [0.15, 0.2) is 84.5 Å². The van der Waals surface area contributed by atoms with Crippen molar-refractivity contribution < 1.29 is 13.0 Å². The quantitative estimate of drug-likeness (QED) is 0.252. The van der Waals surface area contributed by atoms with Gasteiger partial charge in [-0.25, -0.2) is 0 Å². The van der Waals surface area contributed by atoms with Gasteiger partial charge in [-0.1, -0.05) is 41.6 Å². The van der Waals surface area contributed by atoms with E-state index in [0.29, 0.717) is 15.5 Å². The lowest BCUT2D eigenvalue weighted by Crippen LogP contribution is -1.99. The Morgan fingerprint density at radius 2 is 1.50 bits per heavy atom. The van der Waals surface area contributed by atoms with Crippen molar-refractivity contribution in [3.05, 3.63) is 59.1 Å². The zero-order chi connectivity index (χ0) is 18.7. The third-order valence-electron chi connectivity index (χ3n) is 3.51. The summed E-state index contributed by atoms with van der Waals surface area (Å²) in [6.07, 6.45) is 0. The van der Waals surface area contributed by atoms with Gasteiger partial charge in [0.1, 0.15) is 16.3 Å². The summed E-state index contributed by atoms with van der Waals surface area (Å²) in [6.45, 7) is 0. The van der Waals surface area contributed by atoms with Gasteiger partial charge in [-0.3, -0.25) is 4.55 Å². The minimum Gasteiger partial charge on any atom is -0.305 e. The fourth-order valence-electron chi connectivity index (χ4n) is 2.41. The summed E-state index contributed by atoms with van der Waals surface area (Å²) in [6, 6.07) is 14.8. The Morgan fingerprint density at radius 1 is 0.885 bits per heavy atom. The molecule has 0 radical (unpaired) electrons. The summed E-state index contributed by atoms with van der Waals surface area (Å²) in [5.41, 5.74) is 0.872. The molecule has 0 amide bonds. The van der Waals surface area contributed by atoms with Crippen molar-refractivity contribution in [2.24, 2.45) is 26.4 Å². The van der Waals surface area contributed by atoms with Crippen LogP contribution in [0.3, 0.4) is 0 Å². The monoisotopic (exact) mass is 433 g/mol. The first-order chi connectivity index (χ1) is 12.4. The number of hydrogen-bond acceptors (Lipinski definition) is 6. The smallest absolute Gasteiger partial charge is 0.295 e. The van der Waals surface area contributed by atoms with Crippen molar-refractivity contribution >= 4 is 53.9 Å². The number of nitrogens with zero attached hydrogens (tertiary/aromatic N) is 4. The molecule has 0 saturated heterocycles. The molecule has 3 aromatic rings. The Hall–Kier alpha value is -2.69. The second kappa shape index (κ2) is 7.28. The Balaban J connectivity index is 2.30. The average Bonchev–Trinajstić information content (AvgIpc) is 2.61. The summed E-state index contributed by atoms with van der Waals surface area (Å²) in [7, 11) is -4.49. The van der Waals surface area contributed by atoms with Crippen LogP contribution < -0.4 is 5.84 Å². The molecule has 0 spiro atoms. The maximum Gasteiger partial charge on any atom is 0.295 e. The molecular formula is C16H12BrN5O3S. The number of benzene rings is 3. The maximum atomic E-state index is 11.8. The van der Waals surface area contributed by atoms with E-state index < -0.39 is 10.1 Å². The van der Waals surface area contributed by atoms with Gasteiger partial charge in [-0.05, 0) is 34.1 Å². The Labute approximate surface area is 157 Å². The normalized spacial score (nSPS) is 12.4. The number of halogens is 1. The highest BCUT2D eigenvalue weighted by atomic mass is 79.9. The summed E-state index contributed by atoms with van der Waals surface area (Å²) in [5.74, 6) is 5.19. The highest BCUT2D eigenvalue weighted by Crippen LogP contribution is 2.41. The van der Waals surface area contributed by atoms with Gasteiger partial charge in [0.25, 0.3) is 10.1 Å². The van der Waals surface area contributed by atoms with E-state index in [1.165, 1.54) is 6.07 Å². The van der Waals surface area contributed by atoms with Gasteiger partial charge in [-0.15, -0.1) is 15.3 Å². The largest absolute Gasteiger partial charge is 0.305 e. The summed E-state index contributed by atoms with van der Waals surface area (Å²) >= 11 is 3.35. The van der Waals surface area contributed by atoms with Crippen LogP contribution in [-0.4, -0.2) is 13.0 Å². The molecule has 132 valence electrons. The number of hydrogen-bond donors (Lipinski definition) is 2. The maximum absolute atomic E-state index is 11.8. The van der Waals surface area contributed by atoms with Gasteiger partial charge in [-0.2, -0.15) is 8.42 Å². The Morgan fingerprint density at radius 3 is 2.15 bits per heavy atom. The lowest BCUT2D eigenvalue weighted by atomic mass is 10.1. The van der Waals surface area contributed by atoms with Crippen LogP contribution in [0, 0.1) is 0 Å². The Bertz CT molecular complexity index is 1150. The standard InChI is InChI=1S/C16H12BrN5O3S/c17-12-7-3-4-8-13(12)19-20-14-9-15(26(23,24)25)10-5-1-2-6-11(10)16(14)21-22-18/h1-9H,(H2,18,21)(H,23,24,25). The van der Waals surface area contributed by atoms with Crippen molar-refractivity contribution in [2.45, 2.75) is 4.90 Å². The van der Waals surface area contributed by atoms with Crippen molar-refractivity contribution in [1.82, 2.24) is 0 Å². The van der Waals surface area contributed by atoms with Crippen LogP contribution in [-0.2, 0) is 10.1 Å². The lowest BCUT2D eigenvalue weighted by Gasteiger charge is -2.08. The van der Waals surface area contributed by atoms with E-state index in [-0.39, 0.29) is 21.7 Å². The average molecular weight is 434 g/mol. The van der Waals surface area contributed by atoms with Gasteiger partial charge in [0.15, 0.2) is 0 Å². The van der Waals surface area contributed by atoms with Gasteiger partial charge < -0.3 is 5.84 Å². The molecule has 0 aliphatic heterocycles. The van der Waals surface area contributed by atoms with E-state index in [1.54, 1.807) is 42.5 Å². The van der Waals surface area contributed by atoms with E-state index in [2.05, 4.69) is 36.5 Å². The zero-order valence-corrected chi connectivity index (χ0v) is 15.5. The van der Waals surface area contributed by atoms with Crippen molar-refractivity contribution in [1.29, 1.82) is 0 Å². The van der Waals surface area contributed by atoms with Crippen molar-refractivity contribution in [3.63, 3.8) is 0 Å². The molecule has 8 nitrogen and oxygen atoms in total. The minimum atomic E-state index is -4.49. The summed E-state index contributed by atoms with van der Waals surface area (Å²) < 4.78 is 33.9. The van der Waals surface area contributed by atoms with Gasteiger partial charge in [0.2, 0.25) is 0 Å². The van der Waals surface area contributed by atoms with E-state index >= 15 is 0 Å². The predicted molar refractivity (Wildman–Crippen MR) is 101 cm³/mol. The van der Waals surface area contributed by atoms with Gasteiger partial charge >= 0.3 is 0 Å². The Kier molecular flexibility index (Phi) is 5.07. The summed E-state index contributed by atoms with van der Waals surface area (Å²) in [5, 5.41) is 16.0. The predicted octanol–water partition coefficient (Wildman–Crippen LogP) is 5.22. The molecule has 3 rings (SSSR count). The summed E-state index contributed by atoms with van der Waals surface area (Å²) in [4.78, 5) is -0.301. The first-order valence-corrected chi connectivity index (χ1v) is 9.45. The van der Waals surface area contributed by atoms with E-state index in [0.717, 1.165) is 0 Å². The van der Waals surface area contributed by atoms with Crippen LogP contribution in [0.4, 0.5) is 17.1 Å². The second-order valence-electron chi connectivity index (χ2n) is 5.13. The molecule has 0 bridgehead atoms. The number of azo groups is 1. The second-order valence-corrected chi connectivity index (χ2v) is 7.37. The number of nitrogens with two attached hydrogens (primary N) is 1. The van der Waals surface area contributed by atoms with E-state index in [4.69, 9.17) is 5.84 Å². The molecule has 3 aromatic carbocycles.